The van der Waals surface area contributed by atoms with Gasteiger partial charge in [0.25, 0.3) is 5.91 Å². The molecule has 0 aromatic carbocycles. The fourth-order valence-electron chi connectivity index (χ4n) is 1.27. The molecule has 0 bridgehead atoms. The molecule has 1 amide bonds. The number of halogens is 1. The number of hydrogen-bond acceptors (Lipinski definition) is 4. The number of hydrogen-bond donors (Lipinski definition) is 1. The Morgan fingerprint density at radius 3 is 3.00 bits per heavy atom. The van der Waals surface area contributed by atoms with Crippen LogP contribution in [0, 0.1) is 0 Å². The second-order valence-corrected chi connectivity index (χ2v) is 4.43. The van der Waals surface area contributed by atoms with Crippen molar-refractivity contribution in [3.05, 3.63) is 22.3 Å². The summed E-state index contributed by atoms with van der Waals surface area (Å²) in [5.41, 5.74) is 6.07. The summed E-state index contributed by atoms with van der Waals surface area (Å²) in [5, 5.41) is 0. The van der Waals surface area contributed by atoms with E-state index in [2.05, 4.69) is 20.9 Å². The van der Waals surface area contributed by atoms with Crippen molar-refractivity contribution in [2.75, 3.05) is 32.5 Å². The number of nitrogens with two attached hydrogens (primary N) is 1. The van der Waals surface area contributed by atoms with Crippen LogP contribution in [0.1, 0.15) is 17.3 Å². The first-order valence-electron chi connectivity index (χ1n) is 5.30. The zero-order valence-corrected chi connectivity index (χ0v) is 11.5. The molecule has 1 aromatic rings. The van der Waals surface area contributed by atoms with E-state index in [9.17, 15) is 4.79 Å². The number of rotatable bonds is 5. The lowest BCUT2D eigenvalue weighted by atomic mass is 10.2. The van der Waals surface area contributed by atoms with Gasteiger partial charge in [0.15, 0.2) is 0 Å². The molecular weight excluding hydrogens is 286 g/mol. The smallest absolute Gasteiger partial charge is 0.257 e. The zero-order chi connectivity index (χ0) is 12.8. The minimum Gasteiger partial charge on any atom is -0.383 e. The summed E-state index contributed by atoms with van der Waals surface area (Å²) >= 11 is 3.26. The number of carbonyl (C=O) groups excluding carboxylic acids is 1. The molecule has 17 heavy (non-hydrogen) atoms. The number of likely N-dealkylation sites (N-methyl/N-ethyl adjacent to an activating group) is 1. The topological polar surface area (TPSA) is 68.5 Å². The van der Waals surface area contributed by atoms with Crippen LogP contribution in [0.5, 0.6) is 0 Å². The molecule has 0 spiro atoms. The molecule has 0 aliphatic rings. The lowest BCUT2D eigenvalue weighted by Crippen LogP contribution is -2.31. The number of nitrogen functional groups attached to an aromatic ring is 1. The van der Waals surface area contributed by atoms with Crippen LogP contribution in [-0.2, 0) is 4.74 Å². The Kier molecular flexibility index (Phi) is 5.37. The summed E-state index contributed by atoms with van der Waals surface area (Å²) in [6.07, 6.45) is 1.56. The van der Waals surface area contributed by atoms with E-state index in [0.717, 1.165) is 4.47 Å². The SMILES string of the molecule is CCOCCN(C)C(=O)c1cc(Br)cnc1N. The van der Waals surface area contributed by atoms with Crippen molar-refractivity contribution in [3.8, 4) is 0 Å². The molecule has 1 aromatic heterocycles. The van der Waals surface area contributed by atoms with Gasteiger partial charge in [-0.3, -0.25) is 4.79 Å². The minimum atomic E-state index is -0.156. The summed E-state index contributed by atoms with van der Waals surface area (Å²) < 4.78 is 5.92. The molecule has 0 radical (unpaired) electrons. The number of nitrogens with zero attached hydrogens (tertiary/aromatic N) is 2. The third-order valence-electron chi connectivity index (χ3n) is 2.24. The standard InChI is InChI=1S/C11H16BrN3O2/c1-3-17-5-4-15(2)11(16)9-6-8(12)7-14-10(9)13/h6-7H,3-5H2,1-2H3,(H2,13,14). The van der Waals surface area contributed by atoms with Crippen molar-refractivity contribution in [1.29, 1.82) is 0 Å². The molecule has 0 fully saturated rings. The van der Waals surface area contributed by atoms with Gasteiger partial charge in [0.2, 0.25) is 0 Å². The highest BCUT2D eigenvalue weighted by molar-refractivity contribution is 9.10. The molecule has 94 valence electrons. The fourth-order valence-corrected chi connectivity index (χ4v) is 1.61. The Hall–Kier alpha value is -1.14. The Morgan fingerprint density at radius 2 is 2.35 bits per heavy atom. The van der Waals surface area contributed by atoms with Gasteiger partial charge in [-0.15, -0.1) is 0 Å². The number of aromatic nitrogens is 1. The number of carbonyl (C=O) groups is 1. The highest BCUT2D eigenvalue weighted by Crippen LogP contribution is 2.16. The molecule has 0 saturated heterocycles. The van der Waals surface area contributed by atoms with E-state index < -0.39 is 0 Å². The first-order valence-corrected chi connectivity index (χ1v) is 6.09. The van der Waals surface area contributed by atoms with Gasteiger partial charge in [-0.05, 0) is 28.9 Å². The van der Waals surface area contributed by atoms with Gasteiger partial charge >= 0.3 is 0 Å². The maximum atomic E-state index is 12.0. The van der Waals surface area contributed by atoms with Gasteiger partial charge in [-0.25, -0.2) is 4.98 Å². The van der Waals surface area contributed by atoms with Crippen LogP contribution < -0.4 is 5.73 Å². The van der Waals surface area contributed by atoms with Gasteiger partial charge in [0.05, 0.1) is 12.2 Å². The largest absolute Gasteiger partial charge is 0.383 e. The Labute approximate surface area is 109 Å². The molecule has 0 saturated carbocycles. The molecule has 0 unspecified atom stereocenters. The van der Waals surface area contributed by atoms with Crippen LogP contribution in [-0.4, -0.2) is 42.6 Å². The average Bonchev–Trinajstić information content (AvgIpc) is 2.31. The van der Waals surface area contributed by atoms with Crippen LogP contribution in [0.3, 0.4) is 0 Å². The van der Waals surface area contributed by atoms with Crippen molar-refractivity contribution < 1.29 is 9.53 Å². The van der Waals surface area contributed by atoms with Crippen LogP contribution in [0.25, 0.3) is 0 Å². The van der Waals surface area contributed by atoms with Gasteiger partial charge in [0.1, 0.15) is 5.82 Å². The van der Waals surface area contributed by atoms with E-state index in [4.69, 9.17) is 10.5 Å². The van der Waals surface area contributed by atoms with Crippen LogP contribution in [0.15, 0.2) is 16.7 Å². The van der Waals surface area contributed by atoms with Crippen molar-refractivity contribution >= 4 is 27.7 Å². The van der Waals surface area contributed by atoms with Crippen molar-refractivity contribution in [1.82, 2.24) is 9.88 Å². The lowest BCUT2D eigenvalue weighted by molar-refractivity contribution is 0.0710. The summed E-state index contributed by atoms with van der Waals surface area (Å²) in [5.74, 6) is 0.0810. The van der Waals surface area contributed by atoms with Crippen LogP contribution in [0.4, 0.5) is 5.82 Å². The maximum Gasteiger partial charge on any atom is 0.257 e. The molecular formula is C11H16BrN3O2. The summed E-state index contributed by atoms with van der Waals surface area (Å²) in [6.45, 7) is 3.60. The molecule has 1 rings (SSSR count). The molecule has 0 atom stereocenters. The van der Waals surface area contributed by atoms with Crippen molar-refractivity contribution in [2.24, 2.45) is 0 Å². The highest BCUT2D eigenvalue weighted by atomic mass is 79.9. The second kappa shape index (κ2) is 6.56. The first-order chi connectivity index (χ1) is 8.06. The van der Waals surface area contributed by atoms with E-state index in [-0.39, 0.29) is 11.7 Å². The molecule has 1 heterocycles. The van der Waals surface area contributed by atoms with E-state index in [1.165, 1.54) is 0 Å². The number of amides is 1. The average molecular weight is 302 g/mol. The van der Waals surface area contributed by atoms with Gasteiger partial charge < -0.3 is 15.4 Å². The third-order valence-corrected chi connectivity index (χ3v) is 2.67. The van der Waals surface area contributed by atoms with Crippen molar-refractivity contribution in [3.63, 3.8) is 0 Å². The zero-order valence-electron chi connectivity index (χ0n) is 9.94. The Bertz CT molecular complexity index is 398. The summed E-state index contributed by atoms with van der Waals surface area (Å²) in [6, 6.07) is 1.67. The van der Waals surface area contributed by atoms with E-state index in [0.29, 0.717) is 25.3 Å². The number of pyridine rings is 1. The van der Waals surface area contributed by atoms with Gasteiger partial charge in [-0.1, -0.05) is 0 Å². The Balaban J connectivity index is 2.71. The quantitative estimate of drug-likeness (QED) is 0.838. The highest BCUT2D eigenvalue weighted by Gasteiger charge is 2.15. The molecule has 5 nitrogen and oxygen atoms in total. The molecule has 0 aliphatic heterocycles. The lowest BCUT2D eigenvalue weighted by Gasteiger charge is -2.17. The summed E-state index contributed by atoms with van der Waals surface area (Å²) in [7, 11) is 1.71. The second-order valence-electron chi connectivity index (χ2n) is 3.51. The van der Waals surface area contributed by atoms with Crippen LogP contribution in [0.2, 0.25) is 0 Å². The summed E-state index contributed by atoms with van der Waals surface area (Å²) in [4.78, 5) is 17.5. The minimum absolute atomic E-state index is 0.156. The van der Waals surface area contributed by atoms with E-state index in [1.54, 1.807) is 24.2 Å². The number of anilines is 1. The fraction of sp³-hybridized carbons (Fsp3) is 0.455. The van der Waals surface area contributed by atoms with Crippen LogP contribution >= 0.6 is 15.9 Å². The molecule has 2 N–H and O–H groups in total. The predicted octanol–water partition coefficient (Wildman–Crippen LogP) is 1.53. The first kappa shape index (κ1) is 13.9. The van der Waals surface area contributed by atoms with E-state index >= 15 is 0 Å². The van der Waals surface area contributed by atoms with Gasteiger partial charge in [-0.2, -0.15) is 0 Å². The normalized spacial score (nSPS) is 10.3. The molecule has 0 aliphatic carbocycles. The van der Waals surface area contributed by atoms with Gasteiger partial charge in [0, 0.05) is 30.9 Å². The molecule has 6 heteroatoms. The Morgan fingerprint density at radius 1 is 1.65 bits per heavy atom. The maximum absolute atomic E-state index is 12.0. The third kappa shape index (κ3) is 3.98. The van der Waals surface area contributed by atoms with Crippen molar-refractivity contribution in [2.45, 2.75) is 6.92 Å². The number of ether oxygens (including phenoxy) is 1. The predicted molar refractivity (Wildman–Crippen MR) is 69.8 cm³/mol. The monoisotopic (exact) mass is 301 g/mol. The van der Waals surface area contributed by atoms with E-state index in [1.807, 2.05) is 6.92 Å².